The molecule has 0 N–H and O–H groups in total. The van der Waals surface area contributed by atoms with Crippen molar-refractivity contribution in [1.82, 2.24) is 9.55 Å². The van der Waals surface area contributed by atoms with Gasteiger partial charge in [-0.05, 0) is 36.9 Å². The van der Waals surface area contributed by atoms with E-state index in [0.717, 1.165) is 33.4 Å². The first kappa shape index (κ1) is 18.7. The Morgan fingerprint density at radius 2 is 2.14 bits per heavy atom. The van der Waals surface area contributed by atoms with Crippen LogP contribution in [0.15, 0.2) is 41.2 Å². The van der Waals surface area contributed by atoms with Crippen LogP contribution in [0.4, 0.5) is 0 Å². The van der Waals surface area contributed by atoms with Crippen LogP contribution in [0.5, 0.6) is 0 Å². The van der Waals surface area contributed by atoms with Crippen LogP contribution in [-0.4, -0.2) is 28.2 Å². The van der Waals surface area contributed by atoms with Gasteiger partial charge in [-0.2, -0.15) is 0 Å². The molecule has 0 fully saturated rings. The molecule has 144 valence electrons. The lowest BCUT2D eigenvalue weighted by molar-refractivity contribution is -0.129. The van der Waals surface area contributed by atoms with E-state index in [1.165, 1.54) is 0 Å². The van der Waals surface area contributed by atoms with Crippen LogP contribution in [-0.2, 0) is 27.4 Å². The fraction of sp³-hybridized carbons (Fsp3) is 0.286. The number of pyridine rings is 2. The van der Waals surface area contributed by atoms with Gasteiger partial charge < -0.3 is 14.0 Å². The van der Waals surface area contributed by atoms with Crippen LogP contribution in [0.2, 0.25) is 0 Å². The second kappa shape index (κ2) is 7.77. The molecule has 7 heteroatoms. The Kier molecular flexibility index (Phi) is 5.19. The Hall–Kier alpha value is -2.64. The number of aromatic nitrogens is 2. The number of hydrogen-bond donors (Lipinski definition) is 0. The standard InChI is InChI=1S/C21H20N2O4S/c1-13(27-12-28-2)16-8-19-20-15(7-14-5-3-4-6-18(14)22-20)9-23(19)21(25)17(16)10-26-11-24/h3-8,11,13H,9-10,12H2,1-2H3. The molecule has 1 unspecified atom stereocenters. The lowest BCUT2D eigenvalue weighted by atomic mass is 10.0. The summed E-state index contributed by atoms with van der Waals surface area (Å²) >= 11 is 1.56. The third-order valence-electron chi connectivity index (χ3n) is 4.98. The molecule has 0 saturated carbocycles. The highest BCUT2D eigenvalue weighted by molar-refractivity contribution is 7.98. The second-order valence-corrected chi connectivity index (χ2v) is 7.48. The number of rotatable bonds is 7. The minimum absolute atomic E-state index is 0.0728. The zero-order valence-electron chi connectivity index (χ0n) is 15.7. The fourth-order valence-electron chi connectivity index (χ4n) is 3.62. The average Bonchev–Trinajstić information content (AvgIpc) is 3.07. The Bertz CT molecular complexity index is 1110. The first-order chi connectivity index (χ1) is 13.6. The molecule has 2 aromatic heterocycles. The molecule has 28 heavy (non-hydrogen) atoms. The van der Waals surface area contributed by atoms with Crippen LogP contribution in [0.25, 0.3) is 22.3 Å². The van der Waals surface area contributed by atoms with E-state index in [4.69, 9.17) is 14.5 Å². The van der Waals surface area contributed by atoms with Crippen molar-refractivity contribution in [2.45, 2.75) is 26.2 Å². The molecule has 0 bridgehead atoms. The largest absolute Gasteiger partial charge is 0.463 e. The van der Waals surface area contributed by atoms with Crippen LogP contribution >= 0.6 is 11.8 Å². The van der Waals surface area contributed by atoms with Gasteiger partial charge in [0.2, 0.25) is 0 Å². The number of nitrogens with zero attached hydrogens (tertiary/aromatic N) is 2. The Balaban J connectivity index is 1.88. The molecule has 0 amide bonds. The number of fused-ring (bicyclic) bond motifs is 4. The van der Waals surface area contributed by atoms with Crippen LogP contribution in [0.3, 0.4) is 0 Å². The molecule has 1 aromatic carbocycles. The van der Waals surface area contributed by atoms with Crippen LogP contribution < -0.4 is 5.56 Å². The third kappa shape index (κ3) is 3.21. The van der Waals surface area contributed by atoms with E-state index in [1.807, 2.05) is 43.5 Å². The van der Waals surface area contributed by atoms with Crippen molar-refractivity contribution in [3.05, 3.63) is 63.4 Å². The molecule has 0 spiro atoms. The van der Waals surface area contributed by atoms with E-state index in [2.05, 4.69) is 6.07 Å². The van der Waals surface area contributed by atoms with Gasteiger partial charge in [-0.15, -0.1) is 11.8 Å². The van der Waals surface area contributed by atoms with Gasteiger partial charge in [-0.3, -0.25) is 9.59 Å². The molecule has 3 aromatic rings. The van der Waals surface area contributed by atoms with Crippen molar-refractivity contribution in [3.63, 3.8) is 0 Å². The van der Waals surface area contributed by atoms with E-state index in [0.29, 0.717) is 24.5 Å². The van der Waals surface area contributed by atoms with Gasteiger partial charge >= 0.3 is 0 Å². The fourth-order valence-corrected chi connectivity index (χ4v) is 3.96. The van der Waals surface area contributed by atoms with Crippen LogP contribution in [0, 0.1) is 0 Å². The van der Waals surface area contributed by atoms with Crippen molar-refractivity contribution in [1.29, 1.82) is 0 Å². The van der Waals surface area contributed by atoms with Gasteiger partial charge in [-0.1, -0.05) is 18.2 Å². The monoisotopic (exact) mass is 396 g/mol. The summed E-state index contributed by atoms with van der Waals surface area (Å²) < 4.78 is 12.4. The lowest BCUT2D eigenvalue weighted by Gasteiger charge is -2.18. The predicted octanol–water partition coefficient (Wildman–Crippen LogP) is 3.50. The highest BCUT2D eigenvalue weighted by atomic mass is 32.2. The average molecular weight is 396 g/mol. The lowest BCUT2D eigenvalue weighted by Crippen LogP contribution is -2.26. The van der Waals surface area contributed by atoms with E-state index >= 15 is 0 Å². The summed E-state index contributed by atoms with van der Waals surface area (Å²) in [5.74, 6) is 0.507. The summed E-state index contributed by atoms with van der Waals surface area (Å²) in [4.78, 5) is 28.7. The van der Waals surface area contributed by atoms with Gasteiger partial charge in [0, 0.05) is 10.9 Å². The van der Waals surface area contributed by atoms with Gasteiger partial charge in [-0.25, -0.2) is 4.98 Å². The van der Waals surface area contributed by atoms with Gasteiger partial charge in [0.25, 0.3) is 12.0 Å². The minimum atomic E-state index is -0.305. The van der Waals surface area contributed by atoms with Crippen molar-refractivity contribution < 1.29 is 14.3 Å². The van der Waals surface area contributed by atoms with Crippen molar-refractivity contribution in [2.24, 2.45) is 0 Å². The summed E-state index contributed by atoms with van der Waals surface area (Å²) in [7, 11) is 0. The summed E-state index contributed by atoms with van der Waals surface area (Å²) in [6.45, 7) is 2.64. The highest BCUT2D eigenvalue weighted by Gasteiger charge is 2.27. The number of para-hydroxylation sites is 1. The zero-order valence-corrected chi connectivity index (χ0v) is 16.5. The smallest absolute Gasteiger partial charge is 0.293 e. The van der Waals surface area contributed by atoms with E-state index < -0.39 is 0 Å². The van der Waals surface area contributed by atoms with Gasteiger partial charge in [0.1, 0.15) is 6.61 Å². The molecule has 3 heterocycles. The molecule has 1 aliphatic heterocycles. The van der Waals surface area contributed by atoms with E-state index in [1.54, 1.807) is 16.3 Å². The van der Waals surface area contributed by atoms with Crippen LogP contribution in [0.1, 0.15) is 29.7 Å². The number of hydrogen-bond acceptors (Lipinski definition) is 6. The molecule has 1 atom stereocenters. The summed E-state index contributed by atoms with van der Waals surface area (Å²) in [5.41, 5.74) is 4.50. The molecule has 0 saturated heterocycles. The first-order valence-electron chi connectivity index (χ1n) is 8.95. The maximum atomic E-state index is 13.2. The van der Waals surface area contributed by atoms with Gasteiger partial charge in [0.05, 0.1) is 41.1 Å². The highest BCUT2D eigenvalue weighted by Crippen LogP contribution is 2.34. The third-order valence-corrected chi connectivity index (χ3v) is 5.35. The number of carbonyl (C=O) groups is 1. The number of benzene rings is 1. The first-order valence-corrected chi connectivity index (χ1v) is 10.3. The molecule has 1 aliphatic rings. The second-order valence-electron chi connectivity index (χ2n) is 6.67. The van der Waals surface area contributed by atoms with E-state index in [-0.39, 0.29) is 18.3 Å². The molecule has 0 aliphatic carbocycles. The minimum Gasteiger partial charge on any atom is -0.463 e. The summed E-state index contributed by atoms with van der Waals surface area (Å²) in [5, 5.41) is 1.04. The number of carbonyl (C=O) groups excluding carboxylic acids is 1. The number of thioether (sulfide) groups is 1. The van der Waals surface area contributed by atoms with Crippen molar-refractivity contribution in [2.75, 3.05) is 12.2 Å². The van der Waals surface area contributed by atoms with Gasteiger partial charge in [0.15, 0.2) is 0 Å². The maximum Gasteiger partial charge on any atom is 0.293 e. The Morgan fingerprint density at radius 1 is 1.32 bits per heavy atom. The van der Waals surface area contributed by atoms with Crippen molar-refractivity contribution in [3.8, 4) is 11.4 Å². The molecular formula is C21H20N2O4S. The molecular weight excluding hydrogens is 376 g/mol. The SMILES string of the molecule is CSCOC(C)c1cc2n(c(=O)c1COC=O)Cc1cc3ccccc3nc1-2. The normalized spacial score (nSPS) is 13.2. The maximum absolute atomic E-state index is 13.2. The Morgan fingerprint density at radius 3 is 2.93 bits per heavy atom. The molecule has 4 rings (SSSR count). The quantitative estimate of drug-likeness (QED) is 0.352. The van der Waals surface area contributed by atoms with E-state index in [9.17, 15) is 9.59 Å². The zero-order chi connectivity index (χ0) is 19.7. The molecule has 6 nitrogen and oxygen atoms in total. The topological polar surface area (TPSA) is 70.4 Å². The summed E-state index contributed by atoms with van der Waals surface area (Å²) in [6, 6.07) is 11.9. The Labute approximate surface area is 166 Å². The number of ether oxygens (including phenoxy) is 2. The van der Waals surface area contributed by atoms with Crippen molar-refractivity contribution >= 4 is 29.1 Å². The molecule has 0 radical (unpaired) electrons. The summed E-state index contributed by atoms with van der Waals surface area (Å²) in [6.07, 6.45) is 1.65. The predicted molar refractivity (Wildman–Crippen MR) is 109 cm³/mol.